The van der Waals surface area contributed by atoms with Crippen molar-refractivity contribution in [2.24, 2.45) is 23.2 Å². The Kier molecular flexibility index (Phi) is 6.99. The van der Waals surface area contributed by atoms with Crippen LogP contribution in [0.2, 0.25) is 0 Å². The molecule has 0 unspecified atom stereocenters. The number of rotatable bonds is 9. The van der Waals surface area contributed by atoms with E-state index in [0.29, 0.717) is 35.7 Å². The molecule has 0 atom stereocenters. The van der Waals surface area contributed by atoms with Gasteiger partial charge in [0.05, 0.1) is 12.7 Å². The van der Waals surface area contributed by atoms with Crippen LogP contribution in [-0.2, 0) is 9.59 Å². The summed E-state index contributed by atoms with van der Waals surface area (Å²) >= 11 is 0. The number of hydrogen-bond donors (Lipinski definition) is 2. The maximum atomic E-state index is 13.0. The van der Waals surface area contributed by atoms with Gasteiger partial charge in [-0.25, -0.2) is 0 Å². The Morgan fingerprint density at radius 3 is 2.19 bits per heavy atom. The van der Waals surface area contributed by atoms with Gasteiger partial charge < -0.3 is 20.1 Å². The molecule has 6 rings (SSSR count). The lowest BCUT2D eigenvalue weighted by molar-refractivity contribution is -0.146. The number of anilines is 1. The Labute approximate surface area is 211 Å². The minimum atomic E-state index is -0.343. The van der Waals surface area contributed by atoms with Crippen molar-refractivity contribution in [1.29, 1.82) is 0 Å². The zero-order chi connectivity index (χ0) is 25.1. The van der Waals surface area contributed by atoms with Gasteiger partial charge in [0.25, 0.3) is 5.91 Å². The van der Waals surface area contributed by atoms with Crippen molar-refractivity contribution in [3.05, 3.63) is 54.1 Å². The summed E-state index contributed by atoms with van der Waals surface area (Å²) in [5, 5.41) is 5.92. The van der Waals surface area contributed by atoms with Crippen LogP contribution < -0.4 is 20.1 Å². The number of para-hydroxylation sites is 1. The summed E-state index contributed by atoms with van der Waals surface area (Å²) in [6.45, 7) is 0.490. The monoisotopic (exact) mass is 490 g/mol. The van der Waals surface area contributed by atoms with E-state index in [1.807, 2.05) is 0 Å². The molecule has 4 bridgehead atoms. The fourth-order valence-electron chi connectivity index (χ4n) is 6.83. The lowest BCUT2D eigenvalue weighted by Crippen LogP contribution is -2.53. The van der Waals surface area contributed by atoms with E-state index in [9.17, 15) is 14.4 Å². The van der Waals surface area contributed by atoms with E-state index in [4.69, 9.17) is 9.47 Å². The van der Waals surface area contributed by atoms with E-state index in [2.05, 4.69) is 10.6 Å². The lowest BCUT2D eigenvalue weighted by atomic mass is 9.49. The first kappa shape index (κ1) is 24.3. The molecule has 0 saturated heterocycles. The number of carbonyl (C=O) groups excluding carboxylic acids is 3. The highest BCUT2D eigenvalue weighted by Gasteiger charge is 2.54. The van der Waals surface area contributed by atoms with Crippen molar-refractivity contribution in [2.45, 2.75) is 51.4 Å². The van der Waals surface area contributed by atoms with Crippen LogP contribution >= 0.6 is 0 Å². The summed E-state index contributed by atoms with van der Waals surface area (Å²) in [6, 6.07) is 13.6. The fraction of sp³-hybridized carbons (Fsp3) is 0.483. The van der Waals surface area contributed by atoms with Gasteiger partial charge in [-0.3, -0.25) is 14.4 Å². The maximum Gasteiger partial charge on any atom is 0.311 e. The lowest BCUT2D eigenvalue weighted by Gasteiger charge is -2.55. The summed E-state index contributed by atoms with van der Waals surface area (Å²) in [4.78, 5) is 37.8. The van der Waals surface area contributed by atoms with Crippen molar-refractivity contribution in [3.8, 4) is 11.5 Å². The molecule has 0 aliphatic heterocycles. The molecule has 2 N–H and O–H groups in total. The van der Waals surface area contributed by atoms with Gasteiger partial charge in [0, 0.05) is 24.1 Å². The van der Waals surface area contributed by atoms with Crippen molar-refractivity contribution in [2.75, 3.05) is 19.0 Å². The molecule has 2 aromatic rings. The predicted molar refractivity (Wildman–Crippen MR) is 136 cm³/mol. The Balaban J connectivity index is 1.04. The molecule has 2 amide bonds. The molecule has 4 fully saturated rings. The number of methoxy groups -OCH3 is 1. The molecule has 190 valence electrons. The average molecular weight is 491 g/mol. The van der Waals surface area contributed by atoms with E-state index < -0.39 is 0 Å². The second-order valence-corrected chi connectivity index (χ2v) is 10.7. The summed E-state index contributed by atoms with van der Waals surface area (Å²) in [7, 11) is 1.52. The number of benzene rings is 2. The standard InChI is InChI=1S/C29H34N2O5/c1-35-25-6-3-2-5-24(25)27(33)31-22-8-10-23(11-9-22)36-26(32)7-4-12-30-28(34)29-16-19-13-20(17-29)15-21(14-19)18-29/h2-3,5-6,8-11,19-21H,4,7,12-18H2,1H3,(H,30,34)(H,31,33). The Morgan fingerprint density at radius 2 is 1.56 bits per heavy atom. The molecule has 4 aliphatic rings. The summed E-state index contributed by atoms with van der Waals surface area (Å²) < 4.78 is 10.7. The van der Waals surface area contributed by atoms with Crippen molar-refractivity contribution in [3.63, 3.8) is 0 Å². The third kappa shape index (κ3) is 5.25. The van der Waals surface area contributed by atoms with Crippen LogP contribution in [0.15, 0.2) is 48.5 Å². The molecule has 0 spiro atoms. The predicted octanol–water partition coefficient (Wildman–Crippen LogP) is 4.97. The van der Waals surface area contributed by atoms with E-state index in [1.165, 1.54) is 26.4 Å². The molecular formula is C29H34N2O5. The van der Waals surface area contributed by atoms with Crippen LogP contribution in [0, 0.1) is 23.2 Å². The molecule has 0 aromatic heterocycles. The quantitative estimate of drug-likeness (QED) is 0.294. The zero-order valence-electron chi connectivity index (χ0n) is 20.8. The van der Waals surface area contributed by atoms with E-state index in [-0.39, 0.29) is 29.6 Å². The van der Waals surface area contributed by atoms with Crippen molar-refractivity contribution < 1.29 is 23.9 Å². The van der Waals surface area contributed by atoms with Gasteiger partial charge in [0.2, 0.25) is 5.91 Å². The Bertz CT molecular complexity index is 1090. The zero-order valence-corrected chi connectivity index (χ0v) is 20.8. The van der Waals surface area contributed by atoms with Gasteiger partial charge in [0.15, 0.2) is 0 Å². The number of hydrogen-bond acceptors (Lipinski definition) is 5. The highest BCUT2D eigenvalue weighted by atomic mass is 16.5. The van der Waals surface area contributed by atoms with Gasteiger partial charge in [-0.1, -0.05) is 12.1 Å². The molecule has 7 nitrogen and oxygen atoms in total. The third-order valence-electron chi connectivity index (χ3n) is 8.06. The van der Waals surface area contributed by atoms with E-state index in [0.717, 1.165) is 37.0 Å². The van der Waals surface area contributed by atoms with Crippen LogP contribution in [-0.4, -0.2) is 31.4 Å². The van der Waals surface area contributed by atoms with Crippen LogP contribution in [0.4, 0.5) is 5.69 Å². The molecule has 4 saturated carbocycles. The number of carbonyl (C=O) groups is 3. The van der Waals surface area contributed by atoms with Crippen LogP contribution in [0.1, 0.15) is 61.7 Å². The number of amides is 2. The Morgan fingerprint density at radius 1 is 0.917 bits per heavy atom. The molecule has 0 heterocycles. The molecular weight excluding hydrogens is 456 g/mol. The van der Waals surface area contributed by atoms with Gasteiger partial charge >= 0.3 is 5.97 Å². The number of nitrogens with one attached hydrogen (secondary N) is 2. The SMILES string of the molecule is COc1ccccc1C(=O)Nc1ccc(OC(=O)CCCNC(=O)C23CC4CC(CC(C4)C2)C3)cc1. The van der Waals surface area contributed by atoms with Gasteiger partial charge in [0.1, 0.15) is 11.5 Å². The van der Waals surface area contributed by atoms with E-state index >= 15 is 0 Å². The second-order valence-electron chi connectivity index (χ2n) is 10.7. The highest BCUT2D eigenvalue weighted by molar-refractivity contribution is 6.06. The van der Waals surface area contributed by atoms with Crippen molar-refractivity contribution in [1.82, 2.24) is 5.32 Å². The third-order valence-corrected chi connectivity index (χ3v) is 8.06. The molecule has 0 radical (unpaired) electrons. The number of esters is 1. The normalized spacial score (nSPS) is 25.8. The first-order chi connectivity index (χ1) is 17.4. The minimum Gasteiger partial charge on any atom is -0.496 e. The molecule has 4 aliphatic carbocycles. The smallest absolute Gasteiger partial charge is 0.311 e. The largest absolute Gasteiger partial charge is 0.496 e. The average Bonchev–Trinajstić information content (AvgIpc) is 2.86. The minimum absolute atomic E-state index is 0.155. The summed E-state index contributed by atoms with van der Waals surface area (Å²) in [6.07, 6.45) is 7.85. The Hall–Kier alpha value is -3.35. The van der Waals surface area contributed by atoms with Crippen LogP contribution in [0.25, 0.3) is 0 Å². The second kappa shape index (κ2) is 10.3. The fourth-order valence-corrected chi connectivity index (χ4v) is 6.83. The molecule has 2 aromatic carbocycles. The first-order valence-electron chi connectivity index (χ1n) is 13.0. The highest BCUT2D eigenvalue weighted by Crippen LogP contribution is 2.60. The van der Waals surface area contributed by atoms with Gasteiger partial charge in [-0.05, 0) is 99.1 Å². The van der Waals surface area contributed by atoms with Gasteiger partial charge in [-0.2, -0.15) is 0 Å². The molecule has 36 heavy (non-hydrogen) atoms. The van der Waals surface area contributed by atoms with Crippen molar-refractivity contribution >= 4 is 23.5 Å². The topological polar surface area (TPSA) is 93.7 Å². The first-order valence-corrected chi connectivity index (χ1v) is 13.0. The van der Waals surface area contributed by atoms with Crippen LogP contribution in [0.3, 0.4) is 0 Å². The molecule has 7 heteroatoms. The summed E-state index contributed by atoms with van der Waals surface area (Å²) in [5.74, 6) is 2.68. The maximum absolute atomic E-state index is 13.0. The summed E-state index contributed by atoms with van der Waals surface area (Å²) in [5.41, 5.74) is 0.863. The van der Waals surface area contributed by atoms with Crippen LogP contribution in [0.5, 0.6) is 11.5 Å². The van der Waals surface area contributed by atoms with Gasteiger partial charge in [-0.15, -0.1) is 0 Å². The number of ether oxygens (including phenoxy) is 2. The van der Waals surface area contributed by atoms with E-state index in [1.54, 1.807) is 48.5 Å².